The van der Waals surface area contributed by atoms with Gasteiger partial charge in [-0.15, -0.1) is 0 Å². The van der Waals surface area contributed by atoms with E-state index in [0.29, 0.717) is 10.4 Å². The molecule has 22 heavy (non-hydrogen) atoms. The zero-order valence-corrected chi connectivity index (χ0v) is 19.4. The van der Waals surface area contributed by atoms with E-state index < -0.39 is 10.0 Å². The fourth-order valence-corrected chi connectivity index (χ4v) is 3.68. The predicted molar refractivity (Wildman–Crippen MR) is 79.3 cm³/mol. The maximum absolute atomic E-state index is 12.7. The van der Waals surface area contributed by atoms with Crippen molar-refractivity contribution in [2.75, 3.05) is 0 Å². The third kappa shape index (κ3) is 3.24. The van der Waals surface area contributed by atoms with Crippen LogP contribution in [-0.4, -0.2) is 12.4 Å². The summed E-state index contributed by atoms with van der Waals surface area (Å²) >= 11 is 0. The predicted octanol–water partition coefficient (Wildman–Crippen LogP) is 0.297. The van der Waals surface area contributed by atoms with Crippen molar-refractivity contribution in [3.8, 4) is 0 Å². The van der Waals surface area contributed by atoms with Crippen molar-refractivity contribution in [1.29, 1.82) is 0 Å². The SMILES string of the molecule is Cc1ccc(S(=O)(=O)n2cc(C)c3[c]cccc32)cc1.[Cl-].[Hg+]. The second-order valence-corrected chi connectivity index (χ2v) is 6.67. The molecule has 0 saturated carbocycles. The van der Waals surface area contributed by atoms with Crippen molar-refractivity contribution in [3.63, 3.8) is 0 Å². The summed E-state index contributed by atoms with van der Waals surface area (Å²) < 4.78 is 26.8. The maximum Gasteiger partial charge on any atom is 1.00 e. The summed E-state index contributed by atoms with van der Waals surface area (Å²) in [6.45, 7) is 3.82. The van der Waals surface area contributed by atoms with Gasteiger partial charge in [-0.1, -0.05) is 29.8 Å². The molecule has 0 amide bonds. The molecule has 0 spiro atoms. The summed E-state index contributed by atoms with van der Waals surface area (Å²) in [4.78, 5) is 0.295. The Labute approximate surface area is 157 Å². The molecule has 3 aromatic rings. The summed E-state index contributed by atoms with van der Waals surface area (Å²) in [6, 6.07) is 15.3. The molecule has 3 nitrogen and oxygen atoms in total. The molecule has 0 aliphatic rings. The first kappa shape index (κ1) is 19.2. The Hall–Kier alpha value is -0.845. The van der Waals surface area contributed by atoms with Crippen molar-refractivity contribution >= 4 is 20.9 Å². The zero-order valence-electron chi connectivity index (χ0n) is 12.4. The number of aryl methyl sites for hydroxylation is 2. The topological polar surface area (TPSA) is 39.1 Å². The number of rotatable bonds is 2. The van der Waals surface area contributed by atoms with Gasteiger partial charge in [0.1, 0.15) is 0 Å². The summed E-state index contributed by atoms with van der Waals surface area (Å²) in [7, 11) is -3.56. The van der Waals surface area contributed by atoms with Crippen LogP contribution < -0.4 is 12.4 Å². The van der Waals surface area contributed by atoms with Gasteiger partial charge in [0.2, 0.25) is 0 Å². The normalized spacial score (nSPS) is 10.8. The molecule has 110 valence electrons. The number of hydrogen-bond donors (Lipinski definition) is 0. The van der Waals surface area contributed by atoms with Gasteiger partial charge in [-0.3, -0.25) is 0 Å². The molecule has 0 unspecified atom stereocenters. The Morgan fingerprint density at radius 1 is 1.05 bits per heavy atom. The average Bonchev–Trinajstić information content (AvgIpc) is 2.78. The molecule has 0 bridgehead atoms. The van der Waals surface area contributed by atoms with Gasteiger partial charge in [0.15, 0.2) is 0 Å². The van der Waals surface area contributed by atoms with Crippen LogP contribution in [0.25, 0.3) is 10.9 Å². The van der Waals surface area contributed by atoms with Crippen LogP contribution in [0.3, 0.4) is 0 Å². The first-order chi connectivity index (χ1) is 9.50. The van der Waals surface area contributed by atoms with Crippen LogP contribution >= 0.6 is 0 Å². The first-order valence-corrected chi connectivity index (χ1v) is 7.75. The number of nitrogens with zero attached hydrogens (tertiary/aromatic N) is 1. The number of fused-ring (bicyclic) bond motifs is 1. The largest absolute Gasteiger partial charge is 1.00 e. The van der Waals surface area contributed by atoms with E-state index in [1.165, 1.54) is 3.97 Å². The third-order valence-electron chi connectivity index (χ3n) is 3.35. The minimum atomic E-state index is -3.56. The zero-order chi connectivity index (χ0) is 14.3. The summed E-state index contributed by atoms with van der Waals surface area (Å²) in [5.74, 6) is 0. The standard InChI is InChI=1S/C16H14NO2S.ClH.Hg/c1-12-7-9-14(10-8-12)20(18,19)17-11-13(2)15-5-3-4-6-16(15)17;;/h3-4,6-11H,1-2H3;1H;/q;;+1/p-1. The molecular weight excluding hydrogens is 506 g/mol. The molecule has 1 heterocycles. The van der Waals surface area contributed by atoms with Crippen molar-refractivity contribution < 1.29 is 48.5 Å². The second kappa shape index (κ2) is 7.15. The van der Waals surface area contributed by atoms with Gasteiger partial charge in [-0.05, 0) is 43.7 Å². The molecule has 6 heteroatoms. The fraction of sp³-hybridized carbons (Fsp3) is 0.125. The molecule has 1 aromatic heterocycles. The van der Waals surface area contributed by atoms with Crippen LogP contribution in [0, 0.1) is 19.9 Å². The molecule has 0 fully saturated rings. The van der Waals surface area contributed by atoms with Gasteiger partial charge in [-0.25, -0.2) is 12.4 Å². The molecule has 0 saturated heterocycles. The Morgan fingerprint density at radius 3 is 2.32 bits per heavy atom. The summed E-state index contributed by atoms with van der Waals surface area (Å²) in [6.07, 6.45) is 1.65. The molecule has 3 rings (SSSR count). The molecule has 0 N–H and O–H groups in total. The number of halogens is 1. The van der Waals surface area contributed by atoms with Crippen LogP contribution in [0.5, 0.6) is 0 Å². The van der Waals surface area contributed by atoms with Crippen LogP contribution in [0.2, 0.25) is 0 Å². The molecule has 2 radical (unpaired) electrons. The van der Waals surface area contributed by atoms with Gasteiger partial charge in [-0.2, -0.15) is 0 Å². The quantitative estimate of drug-likeness (QED) is 0.457. The van der Waals surface area contributed by atoms with E-state index in [0.717, 1.165) is 16.5 Å². The molecular formula is C16H14ClHgNO2S. The minimum Gasteiger partial charge on any atom is -1.00 e. The summed E-state index contributed by atoms with van der Waals surface area (Å²) in [5.41, 5.74) is 2.59. The third-order valence-corrected chi connectivity index (χ3v) is 5.04. The van der Waals surface area contributed by atoms with Crippen LogP contribution in [0.1, 0.15) is 11.1 Å². The monoisotopic (exact) mass is 521 g/mol. The van der Waals surface area contributed by atoms with Crippen LogP contribution in [0.4, 0.5) is 0 Å². The average molecular weight is 520 g/mol. The number of hydrogen-bond acceptors (Lipinski definition) is 2. The van der Waals surface area contributed by atoms with E-state index in [4.69, 9.17) is 0 Å². The Morgan fingerprint density at radius 2 is 1.68 bits per heavy atom. The van der Waals surface area contributed by atoms with Gasteiger partial charge < -0.3 is 12.4 Å². The van der Waals surface area contributed by atoms with E-state index in [9.17, 15) is 8.42 Å². The Kier molecular flexibility index (Phi) is 6.24. The van der Waals surface area contributed by atoms with E-state index >= 15 is 0 Å². The Bertz CT molecular complexity index is 886. The molecule has 0 atom stereocenters. The molecule has 2 aromatic carbocycles. The smallest absolute Gasteiger partial charge is 1.00 e. The minimum absolute atomic E-state index is 0. The summed E-state index contributed by atoms with van der Waals surface area (Å²) in [5, 5.41) is 0.836. The van der Waals surface area contributed by atoms with Crippen molar-refractivity contribution in [2.45, 2.75) is 18.7 Å². The maximum atomic E-state index is 12.7. The van der Waals surface area contributed by atoms with Crippen molar-refractivity contribution in [2.24, 2.45) is 0 Å². The van der Waals surface area contributed by atoms with Crippen molar-refractivity contribution in [3.05, 3.63) is 65.9 Å². The molecule has 0 aliphatic heterocycles. The van der Waals surface area contributed by atoms with Gasteiger partial charge >= 0.3 is 27.7 Å². The van der Waals surface area contributed by atoms with E-state index in [1.54, 1.807) is 48.7 Å². The van der Waals surface area contributed by atoms with Crippen LogP contribution in [-0.2, 0) is 37.7 Å². The number of aromatic nitrogens is 1. The van der Waals surface area contributed by atoms with Gasteiger partial charge in [0.05, 0.1) is 10.4 Å². The fourth-order valence-electron chi connectivity index (χ4n) is 2.26. The van der Waals surface area contributed by atoms with Gasteiger partial charge in [0, 0.05) is 11.6 Å². The number of benzene rings is 2. The Balaban J connectivity index is 0.00000121. The first-order valence-electron chi connectivity index (χ1n) is 6.31. The van der Waals surface area contributed by atoms with Crippen LogP contribution in [0.15, 0.2) is 53.6 Å². The van der Waals surface area contributed by atoms with E-state index in [2.05, 4.69) is 6.07 Å². The second-order valence-electron chi connectivity index (χ2n) is 4.86. The van der Waals surface area contributed by atoms with Crippen molar-refractivity contribution in [1.82, 2.24) is 3.97 Å². The van der Waals surface area contributed by atoms with E-state index in [-0.39, 0.29) is 40.1 Å². The van der Waals surface area contributed by atoms with Gasteiger partial charge in [0.25, 0.3) is 10.0 Å². The van der Waals surface area contributed by atoms with E-state index in [1.807, 2.05) is 13.8 Å². The molecule has 0 aliphatic carbocycles.